The molecule has 1 N–H and O–H groups in total. The average molecular weight is 348 g/mol. The number of nitrogens with one attached hydrogen (secondary N) is 1. The second-order valence-electron chi connectivity index (χ2n) is 5.33. The van der Waals surface area contributed by atoms with Gasteiger partial charge in [0.2, 0.25) is 16.8 Å². The van der Waals surface area contributed by atoms with Crippen LogP contribution >= 0.6 is 0 Å². The fourth-order valence-electron chi connectivity index (χ4n) is 2.17. The van der Waals surface area contributed by atoms with Crippen molar-refractivity contribution in [3.05, 3.63) is 48.0 Å². The van der Waals surface area contributed by atoms with Crippen LogP contribution in [0.25, 0.3) is 0 Å². The molecule has 7 nitrogen and oxygen atoms in total. The molecule has 0 bridgehead atoms. The summed E-state index contributed by atoms with van der Waals surface area (Å²) < 4.78 is 35.6. The van der Waals surface area contributed by atoms with Gasteiger partial charge in [0.25, 0.3) is 5.91 Å². The van der Waals surface area contributed by atoms with E-state index < -0.39 is 10.0 Å². The van der Waals surface area contributed by atoms with E-state index in [-0.39, 0.29) is 17.6 Å². The van der Waals surface area contributed by atoms with Crippen molar-refractivity contribution in [2.45, 2.75) is 4.90 Å². The van der Waals surface area contributed by atoms with Gasteiger partial charge in [0, 0.05) is 31.4 Å². The van der Waals surface area contributed by atoms with E-state index in [0.29, 0.717) is 22.7 Å². The Balaban J connectivity index is 1.76. The maximum Gasteiger partial charge on any atom is 0.255 e. The zero-order valence-electron chi connectivity index (χ0n) is 13.1. The van der Waals surface area contributed by atoms with Crippen molar-refractivity contribution in [3.8, 4) is 11.5 Å². The van der Waals surface area contributed by atoms with Crippen LogP contribution in [0, 0.1) is 0 Å². The molecule has 0 spiro atoms. The molecule has 1 amide bonds. The van der Waals surface area contributed by atoms with E-state index in [9.17, 15) is 13.2 Å². The van der Waals surface area contributed by atoms with E-state index in [1.165, 1.54) is 38.4 Å². The number of rotatable bonds is 4. The Hall–Kier alpha value is -2.58. The van der Waals surface area contributed by atoms with Gasteiger partial charge in [0.15, 0.2) is 11.5 Å². The maximum absolute atomic E-state index is 12.3. The summed E-state index contributed by atoms with van der Waals surface area (Å²) in [6.45, 7) is 0.161. The Morgan fingerprint density at radius 2 is 1.71 bits per heavy atom. The Morgan fingerprint density at radius 1 is 1.04 bits per heavy atom. The Labute approximate surface area is 139 Å². The minimum atomic E-state index is -3.51. The van der Waals surface area contributed by atoms with Gasteiger partial charge in [-0.2, -0.15) is 0 Å². The number of fused-ring (bicyclic) bond motifs is 1. The van der Waals surface area contributed by atoms with Crippen LogP contribution in [0.15, 0.2) is 47.4 Å². The quantitative estimate of drug-likeness (QED) is 0.912. The summed E-state index contributed by atoms with van der Waals surface area (Å²) in [5.41, 5.74) is 0.916. The number of carbonyl (C=O) groups excluding carboxylic acids is 1. The normalized spacial score (nSPS) is 13.1. The summed E-state index contributed by atoms with van der Waals surface area (Å²) in [4.78, 5) is 12.4. The molecule has 24 heavy (non-hydrogen) atoms. The lowest BCUT2D eigenvalue weighted by molar-refractivity contribution is 0.102. The van der Waals surface area contributed by atoms with Crippen LogP contribution < -0.4 is 14.8 Å². The van der Waals surface area contributed by atoms with E-state index >= 15 is 0 Å². The van der Waals surface area contributed by atoms with Crippen LogP contribution in [-0.4, -0.2) is 39.5 Å². The van der Waals surface area contributed by atoms with Crippen molar-refractivity contribution in [1.29, 1.82) is 0 Å². The first kappa shape index (κ1) is 16.3. The monoisotopic (exact) mass is 348 g/mol. The lowest BCUT2D eigenvalue weighted by atomic mass is 10.2. The lowest BCUT2D eigenvalue weighted by Gasteiger charge is -2.11. The van der Waals surface area contributed by atoms with Gasteiger partial charge >= 0.3 is 0 Å². The minimum absolute atomic E-state index is 0.132. The molecule has 2 aromatic rings. The molecule has 1 aliphatic heterocycles. The number of ether oxygens (including phenoxy) is 2. The van der Waals surface area contributed by atoms with Crippen molar-refractivity contribution >= 4 is 21.6 Å². The highest BCUT2D eigenvalue weighted by Gasteiger charge is 2.18. The number of amides is 1. The molecule has 0 fully saturated rings. The minimum Gasteiger partial charge on any atom is -0.454 e. The largest absolute Gasteiger partial charge is 0.454 e. The Morgan fingerprint density at radius 3 is 2.38 bits per heavy atom. The van der Waals surface area contributed by atoms with Crippen LogP contribution in [0.4, 0.5) is 5.69 Å². The second kappa shape index (κ2) is 6.14. The summed E-state index contributed by atoms with van der Waals surface area (Å²) in [7, 11) is -0.606. The lowest BCUT2D eigenvalue weighted by Crippen LogP contribution is -2.22. The number of carbonyl (C=O) groups is 1. The molecule has 8 heteroatoms. The Bertz CT molecular complexity index is 876. The number of anilines is 1. The molecule has 0 aromatic heterocycles. The molecule has 0 radical (unpaired) electrons. The first-order valence-electron chi connectivity index (χ1n) is 7.11. The number of benzene rings is 2. The maximum atomic E-state index is 12.3. The third kappa shape index (κ3) is 3.06. The standard InChI is InChI=1S/C16H16N2O5S/c1-18(2)24(20,21)13-6-3-11(4-7-13)16(19)17-12-5-8-14-15(9-12)23-10-22-14/h3-9H,10H2,1-2H3,(H,17,19). The van der Waals surface area contributed by atoms with Crippen LogP contribution in [0.3, 0.4) is 0 Å². The number of sulfonamides is 1. The van der Waals surface area contributed by atoms with Crippen molar-refractivity contribution in [2.75, 3.05) is 26.2 Å². The average Bonchev–Trinajstić information content (AvgIpc) is 3.02. The van der Waals surface area contributed by atoms with Crippen LogP contribution in [0.2, 0.25) is 0 Å². The van der Waals surface area contributed by atoms with E-state index in [0.717, 1.165) is 4.31 Å². The number of nitrogens with zero attached hydrogens (tertiary/aromatic N) is 1. The molecule has 3 rings (SSSR count). The molecule has 2 aromatic carbocycles. The molecule has 0 aliphatic carbocycles. The summed E-state index contributed by atoms with van der Waals surface area (Å²) in [5.74, 6) is 0.856. The fraction of sp³-hybridized carbons (Fsp3) is 0.188. The summed E-state index contributed by atoms with van der Waals surface area (Å²) in [5, 5.41) is 2.73. The highest BCUT2D eigenvalue weighted by Crippen LogP contribution is 2.34. The number of hydrogen-bond donors (Lipinski definition) is 1. The molecule has 0 saturated carbocycles. The SMILES string of the molecule is CN(C)S(=O)(=O)c1ccc(C(=O)Nc2ccc3c(c2)OCO3)cc1. The van der Waals surface area contributed by atoms with Gasteiger partial charge < -0.3 is 14.8 Å². The first-order chi connectivity index (χ1) is 11.4. The van der Waals surface area contributed by atoms with Gasteiger partial charge in [0.05, 0.1) is 4.90 Å². The zero-order chi connectivity index (χ0) is 17.3. The van der Waals surface area contributed by atoms with Crippen molar-refractivity contribution in [2.24, 2.45) is 0 Å². The first-order valence-corrected chi connectivity index (χ1v) is 8.55. The molecule has 1 heterocycles. The van der Waals surface area contributed by atoms with E-state index in [1.807, 2.05) is 0 Å². The van der Waals surface area contributed by atoms with Crippen LogP contribution in [0.1, 0.15) is 10.4 Å². The van der Waals surface area contributed by atoms with E-state index in [1.54, 1.807) is 18.2 Å². The molecule has 0 saturated heterocycles. The van der Waals surface area contributed by atoms with Gasteiger partial charge in [-0.15, -0.1) is 0 Å². The molecular formula is C16H16N2O5S. The van der Waals surface area contributed by atoms with Gasteiger partial charge in [-0.25, -0.2) is 12.7 Å². The number of hydrogen-bond acceptors (Lipinski definition) is 5. The predicted octanol–water partition coefficient (Wildman–Crippen LogP) is 1.92. The highest BCUT2D eigenvalue weighted by molar-refractivity contribution is 7.89. The van der Waals surface area contributed by atoms with Crippen molar-refractivity contribution in [3.63, 3.8) is 0 Å². The smallest absolute Gasteiger partial charge is 0.255 e. The third-order valence-electron chi connectivity index (χ3n) is 3.53. The Kier molecular flexibility index (Phi) is 4.16. The van der Waals surface area contributed by atoms with E-state index in [4.69, 9.17) is 9.47 Å². The summed E-state index contributed by atoms with van der Waals surface area (Å²) >= 11 is 0. The third-order valence-corrected chi connectivity index (χ3v) is 5.35. The van der Waals surface area contributed by atoms with Gasteiger partial charge in [0.1, 0.15) is 0 Å². The second-order valence-corrected chi connectivity index (χ2v) is 7.49. The van der Waals surface area contributed by atoms with Crippen molar-refractivity contribution < 1.29 is 22.7 Å². The van der Waals surface area contributed by atoms with Crippen molar-refractivity contribution in [1.82, 2.24) is 4.31 Å². The molecular weight excluding hydrogens is 332 g/mol. The highest BCUT2D eigenvalue weighted by atomic mass is 32.2. The van der Waals surface area contributed by atoms with Crippen LogP contribution in [-0.2, 0) is 10.0 Å². The topological polar surface area (TPSA) is 84.9 Å². The summed E-state index contributed by atoms with van der Waals surface area (Å²) in [6, 6.07) is 10.8. The zero-order valence-corrected chi connectivity index (χ0v) is 14.0. The molecule has 1 aliphatic rings. The van der Waals surface area contributed by atoms with Gasteiger partial charge in [-0.3, -0.25) is 4.79 Å². The molecule has 0 unspecified atom stereocenters. The fourth-order valence-corrected chi connectivity index (χ4v) is 3.07. The predicted molar refractivity (Wildman–Crippen MR) is 87.8 cm³/mol. The van der Waals surface area contributed by atoms with Gasteiger partial charge in [-0.05, 0) is 36.4 Å². The molecule has 0 atom stereocenters. The van der Waals surface area contributed by atoms with E-state index in [2.05, 4.69) is 5.32 Å². The van der Waals surface area contributed by atoms with Gasteiger partial charge in [-0.1, -0.05) is 0 Å². The molecule has 126 valence electrons. The summed E-state index contributed by atoms with van der Waals surface area (Å²) in [6.07, 6.45) is 0. The van der Waals surface area contributed by atoms with Crippen LogP contribution in [0.5, 0.6) is 11.5 Å².